The van der Waals surface area contributed by atoms with Gasteiger partial charge in [-0.2, -0.15) is 0 Å². The van der Waals surface area contributed by atoms with E-state index in [4.69, 9.17) is 14.2 Å². The second kappa shape index (κ2) is 8.16. The zero-order chi connectivity index (χ0) is 19.4. The fourth-order valence-corrected chi connectivity index (χ4v) is 4.84. The first-order valence-electron chi connectivity index (χ1n) is 8.82. The zero-order valence-electron chi connectivity index (χ0n) is 15.1. The highest BCUT2D eigenvalue weighted by Gasteiger charge is 2.42. The summed E-state index contributed by atoms with van der Waals surface area (Å²) in [6.07, 6.45) is 2.16. The van der Waals surface area contributed by atoms with Gasteiger partial charge in [-0.3, -0.25) is 4.79 Å². The van der Waals surface area contributed by atoms with Gasteiger partial charge in [0, 0.05) is 12.1 Å². The largest absolute Gasteiger partial charge is 0.497 e. The van der Waals surface area contributed by atoms with E-state index in [1.54, 1.807) is 36.3 Å². The first-order chi connectivity index (χ1) is 12.9. The van der Waals surface area contributed by atoms with Crippen LogP contribution in [0.3, 0.4) is 0 Å². The number of sulfone groups is 1. The maximum absolute atomic E-state index is 12.5. The van der Waals surface area contributed by atoms with Crippen molar-refractivity contribution in [2.45, 2.75) is 31.3 Å². The Labute approximate surface area is 158 Å². The van der Waals surface area contributed by atoms with E-state index in [2.05, 4.69) is 0 Å². The molecule has 1 saturated heterocycles. The fraction of sp³-hybridized carbons (Fsp3) is 0.556. The van der Waals surface area contributed by atoms with E-state index in [0.717, 1.165) is 12.8 Å². The highest BCUT2D eigenvalue weighted by atomic mass is 32.2. The summed E-state index contributed by atoms with van der Waals surface area (Å²) in [6, 6.07) is 6.47. The second-order valence-corrected chi connectivity index (χ2v) is 8.94. The maximum atomic E-state index is 12.5. The summed E-state index contributed by atoms with van der Waals surface area (Å²) in [5, 5.41) is 0. The third-order valence-corrected chi connectivity index (χ3v) is 6.35. The molecule has 9 heteroatoms. The summed E-state index contributed by atoms with van der Waals surface area (Å²) in [6.45, 7) is -0.724. The highest BCUT2D eigenvalue weighted by molar-refractivity contribution is 7.91. The van der Waals surface area contributed by atoms with E-state index >= 15 is 0 Å². The normalized spacial score (nSPS) is 20.7. The van der Waals surface area contributed by atoms with Crippen molar-refractivity contribution in [1.29, 1.82) is 0 Å². The summed E-state index contributed by atoms with van der Waals surface area (Å²) in [5.41, 5.74) is 0. The van der Waals surface area contributed by atoms with Crippen molar-refractivity contribution >= 4 is 21.7 Å². The Balaban J connectivity index is 1.46. The summed E-state index contributed by atoms with van der Waals surface area (Å²) >= 11 is 0. The maximum Gasteiger partial charge on any atom is 0.344 e. The molecule has 27 heavy (non-hydrogen) atoms. The van der Waals surface area contributed by atoms with Crippen molar-refractivity contribution in [3.8, 4) is 11.5 Å². The molecular formula is C18H23NO7S. The van der Waals surface area contributed by atoms with E-state index in [-0.39, 0.29) is 36.1 Å². The van der Waals surface area contributed by atoms with Crippen LogP contribution in [0, 0.1) is 0 Å². The van der Waals surface area contributed by atoms with Crippen molar-refractivity contribution in [1.82, 2.24) is 4.90 Å². The lowest BCUT2D eigenvalue weighted by Gasteiger charge is -2.28. The number of ether oxygens (including phenoxy) is 3. The smallest absolute Gasteiger partial charge is 0.344 e. The number of methoxy groups -OCH3 is 1. The number of benzene rings is 1. The van der Waals surface area contributed by atoms with Gasteiger partial charge in [0.15, 0.2) is 23.1 Å². The van der Waals surface area contributed by atoms with Crippen LogP contribution in [-0.2, 0) is 24.2 Å². The molecule has 3 rings (SSSR count). The number of amides is 1. The number of nitrogens with zero attached hydrogens (tertiary/aromatic N) is 1. The standard InChI is InChI=1S/C18H23NO7S/c1-24-15-4-6-16(7-5-15)25-11-18(21)26-10-17(20)19(13-2-3-13)14-8-9-27(22,23)12-14/h4-7,13-14H,2-3,8-12H2,1H3/t14-/m0/s1. The summed E-state index contributed by atoms with van der Waals surface area (Å²) in [4.78, 5) is 25.9. The predicted octanol–water partition coefficient (Wildman–Crippen LogP) is 0.795. The molecule has 0 bridgehead atoms. The molecule has 1 saturated carbocycles. The molecule has 1 aliphatic heterocycles. The second-order valence-electron chi connectivity index (χ2n) is 6.71. The van der Waals surface area contributed by atoms with Crippen LogP contribution in [-0.4, -0.2) is 69.1 Å². The molecule has 2 aliphatic rings. The predicted molar refractivity (Wildman–Crippen MR) is 96.4 cm³/mol. The Morgan fingerprint density at radius 2 is 1.70 bits per heavy atom. The topological polar surface area (TPSA) is 99.2 Å². The molecule has 1 aromatic rings. The van der Waals surface area contributed by atoms with E-state index in [0.29, 0.717) is 17.9 Å². The van der Waals surface area contributed by atoms with Crippen molar-refractivity contribution < 1.29 is 32.2 Å². The molecule has 1 aromatic carbocycles. The first-order valence-corrected chi connectivity index (χ1v) is 10.6. The summed E-state index contributed by atoms with van der Waals surface area (Å²) in [7, 11) is -1.53. The number of rotatable bonds is 8. The van der Waals surface area contributed by atoms with Crippen LogP contribution in [0.1, 0.15) is 19.3 Å². The summed E-state index contributed by atoms with van der Waals surface area (Å²) < 4.78 is 38.7. The van der Waals surface area contributed by atoms with Crippen LogP contribution in [0.25, 0.3) is 0 Å². The zero-order valence-corrected chi connectivity index (χ0v) is 15.9. The minimum Gasteiger partial charge on any atom is -0.497 e. The highest BCUT2D eigenvalue weighted by Crippen LogP contribution is 2.32. The van der Waals surface area contributed by atoms with Gasteiger partial charge < -0.3 is 19.1 Å². The average molecular weight is 397 g/mol. The van der Waals surface area contributed by atoms with Gasteiger partial charge in [-0.1, -0.05) is 0 Å². The van der Waals surface area contributed by atoms with Gasteiger partial charge in [-0.05, 0) is 43.5 Å². The molecular weight excluding hydrogens is 374 g/mol. The minimum atomic E-state index is -3.09. The van der Waals surface area contributed by atoms with Gasteiger partial charge in [0.25, 0.3) is 5.91 Å². The summed E-state index contributed by atoms with van der Waals surface area (Å²) in [5.74, 6) is 0.235. The van der Waals surface area contributed by atoms with Crippen LogP contribution >= 0.6 is 0 Å². The van der Waals surface area contributed by atoms with Crippen molar-refractivity contribution in [2.75, 3.05) is 31.8 Å². The first kappa shape index (κ1) is 19.5. The number of carbonyl (C=O) groups is 2. The van der Waals surface area contributed by atoms with Gasteiger partial charge in [0.1, 0.15) is 11.5 Å². The van der Waals surface area contributed by atoms with Crippen molar-refractivity contribution in [2.24, 2.45) is 0 Å². The molecule has 1 atom stereocenters. The van der Waals surface area contributed by atoms with Crippen LogP contribution < -0.4 is 9.47 Å². The number of hydrogen-bond donors (Lipinski definition) is 0. The Bertz CT molecular complexity index is 786. The Kier molecular flexibility index (Phi) is 5.88. The molecule has 1 heterocycles. The van der Waals surface area contributed by atoms with Gasteiger partial charge in [0.05, 0.1) is 18.6 Å². The molecule has 0 radical (unpaired) electrons. The number of esters is 1. The third-order valence-electron chi connectivity index (χ3n) is 4.60. The van der Waals surface area contributed by atoms with Gasteiger partial charge in [-0.25, -0.2) is 13.2 Å². The Morgan fingerprint density at radius 3 is 2.26 bits per heavy atom. The van der Waals surface area contributed by atoms with E-state index in [1.807, 2.05) is 0 Å². The van der Waals surface area contributed by atoms with Crippen LogP contribution in [0.4, 0.5) is 0 Å². The van der Waals surface area contributed by atoms with Crippen molar-refractivity contribution in [3.05, 3.63) is 24.3 Å². The number of carbonyl (C=O) groups excluding carboxylic acids is 2. The molecule has 0 aromatic heterocycles. The fourth-order valence-electron chi connectivity index (χ4n) is 3.13. The minimum absolute atomic E-state index is 0.0102. The SMILES string of the molecule is COc1ccc(OCC(=O)OCC(=O)N(C2CC2)[C@H]2CCS(=O)(=O)C2)cc1. The van der Waals surface area contributed by atoms with E-state index in [9.17, 15) is 18.0 Å². The molecule has 2 fully saturated rings. The third kappa shape index (κ3) is 5.35. The molecule has 148 valence electrons. The lowest BCUT2D eigenvalue weighted by Crippen LogP contribution is -2.45. The Morgan fingerprint density at radius 1 is 1.04 bits per heavy atom. The van der Waals surface area contributed by atoms with Crippen LogP contribution in [0.5, 0.6) is 11.5 Å². The number of hydrogen-bond acceptors (Lipinski definition) is 7. The molecule has 0 N–H and O–H groups in total. The Hall–Kier alpha value is -2.29. The molecule has 0 unspecified atom stereocenters. The molecule has 8 nitrogen and oxygen atoms in total. The van der Waals surface area contributed by atoms with Gasteiger partial charge >= 0.3 is 5.97 Å². The molecule has 0 spiro atoms. The average Bonchev–Trinajstić information content (AvgIpc) is 3.41. The van der Waals surface area contributed by atoms with Crippen LogP contribution in [0.2, 0.25) is 0 Å². The molecule has 1 amide bonds. The molecule has 1 aliphatic carbocycles. The monoisotopic (exact) mass is 397 g/mol. The van der Waals surface area contributed by atoms with E-state index < -0.39 is 22.4 Å². The van der Waals surface area contributed by atoms with Crippen molar-refractivity contribution in [3.63, 3.8) is 0 Å². The van der Waals surface area contributed by atoms with E-state index in [1.165, 1.54) is 0 Å². The lowest BCUT2D eigenvalue weighted by atomic mass is 10.2. The van der Waals surface area contributed by atoms with Gasteiger partial charge in [-0.15, -0.1) is 0 Å². The lowest BCUT2D eigenvalue weighted by molar-refractivity contribution is -0.154. The quantitative estimate of drug-likeness (QED) is 0.598. The van der Waals surface area contributed by atoms with Gasteiger partial charge in [0.2, 0.25) is 0 Å². The van der Waals surface area contributed by atoms with Crippen LogP contribution in [0.15, 0.2) is 24.3 Å².